The van der Waals surface area contributed by atoms with Crippen LogP contribution in [0.3, 0.4) is 0 Å². The number of ether oxygens (including phenoxy) is 2. The number of methoxy groups -OCH3 is 1. The smallest absolute Gasteiger partial charge is 0.175 e. The molecule has 18 heavy (non-hydrogen) atoms. The van der Waals surface area contributed by atoms with Gasteiger partial charge in [-0.1, -0.05) is 13.8 Å². The molecule has 0 heterocycles. The van der Waals surface area contributed by atoms with Gasteiger partial charge in [0.25, 0.3) is 0 Å². The molecule has 4 nitrogen and oxygen atoms in total. The zero-order valence-electron chi connectivity index (χ0n) is 10.9. The van der Waals surface area contributed by atoms with Crippen LogP contribution in [-0.4, -0.2) is 24.9 Å². The lowest BCUT2D eigenvalue weighted by atomic mass is 10.1. The second-order valence-electron chi connectivity index (χ2n) is 4.44. The Labute approximate surface area is 116 Å². The molecule has 1 aromatic rings. The van der Waals surface area contributed by atoms with Crippen LogP contribution in [0.15, 0.2) is 16.6 Å². The van der Waals surface area contributed by atoms with Gasteiger partial charge in [0.15, 0.2) is 11.5 Å². The van der Waals surface area contributed by atoms with Crippen LogP contribution in [-0.2, 0) is 6.54 Å². The van der Waals surface area contributed by atoms with Gasteiger partial charge in [0.2, 0.25) is 0 Å². The van der Waals surface area contributed by atoms with E-state index in [1.807, 2.05) is 26.0 Å². The van der Waals surface area contributed by atoms with E-state index in [0.29, 0.717) is 18.0 Å². The summed E-state index contributed by atoms with van der Waals surface area (Å²) in [6.45, 7) is 4.55. The van der Waals surface area contributed by atoms with Gasteiger partial charge in [-0.05, 0) is 39.5 Å². The second kappa shape index (κ2) is 6.97. The van der Waals surface area contributed by atoms with Crippen molar-refractivity contribution in [3.8, 4) is 11.5 Å². The molecular formula is C13H20BrNO3. The van der Waals surface area contributed by atoms with Crippen LogP contribution in [0.2, 0.25) is 0 Å². The Morgan fingerprint density at radius 3 is 2.56 bits per heavy atom. The van der Waals surface area contributed by atoms with E-state index in [1.165, 1.54) is 0 Å². The van der Waals surface area contributed by atoms with Crippen molar-refractivity contribution < 1.29 is 14.6 Å². The highest BCUT2D eigenvalue weighted by molar-refractivity contribution is 9.10. The summed E-state index contributed by atoms with van der Waals surface area (Å²) in [5.41, 5.74) is 6.55. The van der Waals surface area contributed by atoms with E-state index in [9.17, 15) is 5.11 Å². The van der Waals surface area contributed by atoms with Gasteiger partial charge >= 0.3 is 0 Å². The molecule has 0 aliphatic carbocycles. The molecule has 5 heteroatoms. The fourth-order valence-electron chi connectivity index (χ4n) is 1.39. The van der Waals surface area contributed by atoms with Crippen LogP contribution in [0.1, 0.15) is 19.4 Å². The molecule has 102 valence electrons. The Morgan fingerprint density at radius 2 is 2.06 bits per heavy atom. The van der Waals surface area contributed by atoms with E-state index in [1.54, 1.807) is 7.11 Å². The molecule has 1 atom stereocenters. The van der Waals surface area contributed by atoms with Crippen LogP contribution in [0.4, 0.5) is 0 Å². The first-order chi connectivity index (χ1) is 8.49. The second-order valence-corrected chi connectivity index (χ2v) is 5.29. The van der Waals surface area contributed by atoms with Crippen LogP contribution >= 0.6 is 15.9 Å². The highest BCUT2D eigenvalue weighted by atomic mass is 79.9. The van der Waals surface area contributed by atoms with Gasteiger partial charge in [-0.2, -0.15) is 0 Å². The molecule has 0 aliphatic heterocycles. The Hall–Kier alpha value is -0.780. The Kier molecular flexibility index (Phi) is 5.91. The Balaban J connectivity index is 2.87. The summed E-state index contributed by atoms with van der Waals surface area (Å²) < 4.78 is 11.7. The highest BCUT2D eigenvalue weighted by Gasteiger charge is 2.15. The third kappa shape index (κ3) is 3.86. The van der Waals surface area contributed by atoms with Gasteiger partial charge in [-0.25, -0.2) is 0 Å². The molecule has 1 unspecified atom stereocenters. The van der Waals surface area contributed by atoms with E-state index in [2.05, 4.69) is 15.9 Å². The summed E-state index contributed by atoms with van der Waals surface area (Å²) in [4.78, 5) is 0. The lowest BCUT2D eigenvalue weighted by molar-refractivity contribution is 0.0686. The lowest BCUT2D eigenvalue weighted by Gasteiger charge is -2.18. The third-order valence-electron chi connectivity index (χ3n) is 2.69. The summed E-state index contributed by atoms with van der Waals surface area (Å²) in [6.07, 6.45) is -0.504. The summed E-state index contributed by atoms with van der Waals surface area (Å²) in [6, 6.07) is 3.72. The van der Waals surface area contributed by atoms with Gasteiger partial charge in [-0.15, -0.1) is 0 Å². The molecule has 0 aromatic heterocycles. The Bertz CT molecular complexity index is 396. The highest BCUT2D eigenvalue weighted by Crippen LogP contribution is 2.36. The van der Waals surface area contributed by atoms with Crippen molar-refractivity contribution in [2.75, 3.05) is 13.7 Å². The molecule has 0 spiro atoms. The molecule has 0 fully saturated rings. The minimum absolute atomic E-state index is 0.151. The fourth-order valence-corrected chi connectivity index (χ4v) is 2.00. The Morgan fingerprint density at radius 1 is 1.39 bits per heavy atom. The van der Waals surface area contributed by atoms with Gasteiger partial charge in [0.05, 0.1) is 17.7 Å². The monoisotopic (exact) mass is 317 g/mol. The number of aliphatic hydroxyl groups is 1. The molecule has 0 aliphatic rings. The topological polar surface area (TPSA) is 64.7 Å². The number of hydrogen-bond donors (Lipinski definition) is 2. The predicted molar refractivity (Wildman–Crippen MR) is 74.9 cm³/mol. The first-order valence-corrected chi connectivity index (χ1v) is 6.66. The van der Waals surface area contributed by atoms with Gasteiger partial charge in [0.1, 0.15) is 6.61 Å². The number of halogens is 1. The summed E-state index contributed by atoms with van der Waals surface area (Å²) in [5, 5.41) is 9.74. The number of benzene rings is 1. The minimum atomic E-state index is -0.504. The van der Waals surface area contributed by atoms with Crippen molar-refractivity contribution in [1.82, 2.24) is 0 Å². The molecule has 0 bridgehead atoms. The van der Waals surface area contributed by atoms with E-state index in [4.69, 9.17) is 15.2 Å². The SMILES string of the molecule is COc1cc(CN)cc(Br)c1OCC(O)C(C)C. The standard InChI is InChI=1S/C13H20BrNO3/c1-8(2)11(16)7-18-13-10(14)4-9(6-15)5-12(13)17-3/h4-5,8,11,16H,6-7,15H2,1-3H3. The average molecular weight is 318 g/mol. The number of rotatable bonds is 6. The molecule has 0 saturated heterocycles. The maximum Gasteiger partial charge on any atom is 0.175 e. The quantitative estimate of drug-likeness (QED) is 0.845. The van der Waals surface area contributed by atoms with Crippen molar-refractivity contribution in [1.29, 1.82) is 0 Å². The fraction of sp³-hybridized carbons (Fsp3) is 0.538. The summed E-state index contributed by atoms with van der Waals surface area (Å²) in [5.74, 6) is 1.35. The summed E-state index contributed by atoms with van der Waals surface area (Å²) >= 11 is 3.42. The van der Waals surface area contributed by atoms with E-state index in [0.717, 1.165) is 10.0 Å². The van der Waals surface area contributed by atoms with E-state index in [-0.39, 0.29) is 12.5 Å². The minimum Gasteiger partial charge on any atom is -0.493 e. The zero-order valence-corrected chi connectivity index (χ0v) is 12.5. The van der Waals surface area contributed by atoms with Crippen LogP contribution in [0, 0.1) is 5.92 Å². The van der Waals surface area contributed by atoms with Crippen molar-refractivity contribution >= 4 is 15.9 Å². The normalized spacial score (nSPS) is 12.6. The number of aliphatic hydroxyl groups excluding tert-OH is 1. The van der Waals surface area contributed by atoms with Crippen LogP contribution < -0.4 is 15.2 Å². The van der Waals surface area contributed by atoms with Gasteiger partial charge < -0.3 is 20.3 Å². The molecule has 0 radical (unpaired) electrons. The lowest BCUT2D eigenvalue weighted by Crippen LogP contribution is -2.23. The van der Waals surface area contributed by atoms with E-state index >= 15 is 0 Å². The molecule has 1 aromatic carbocycles. The molecule has 3 N–H and O–H groups in total. The van der Waals surface area contributed by atoms with Gasteiger partial charge in [-0.3, -0.25) is 0 Å². The average Bonchev–Trinajstić information content (AvgIpc) is 2.35. The zero-order chi connectivity index (χ0) is 13.7. The summed E-state index contributed by atoms with van der Waals surface area (Å²) in [7, 11) is 1.58. The first kappa shape index (κ1) is 15.3. The molecular weight excluding hydrogens is 298 g/mol. The largest absolute Gasteiger partial charge is 0.493 e. The van der Waals surface area contributed by atoms with Crippen molar-refractivity contribution in [3.05, 3.63) is 22.2 Å². The predicted octanol–water partition coefficient (Wildman–Crippen LogP) is 2.31. The maximum absolute atomic E-state index is 9.74. The van der Waals surface area contributed by atoms with Crippen LogP contribution in [0.5, 0.6) is 11.5 Å². The van der Waals surface area contributed by atoms with Crippen molar-refractivity contribution in [2.24, 2.45) is 11.7 Å². The van der Waals surface area contributed by atoms with Gasteiger partial charge in [0, 0.05) is 6.54 Å². The van der Waals surface area contributed by atoms with Crippen molar-refractivity contribution in [3.63, 3.8) is 0 Å². The number of nitrogens with two attached hydrogens (primary N) is 1. The molecule has 0 saturated carbocycles. The third-order valence-corrected chi connectivity index (χ3v) is 3.28. The first-order valence-electron chi connectivity index (χ1n) is 5.87. The van der Waals surface area contributed by atoms with E-state index < -0.39 is 6.10 Å². The molecule has 0 amide bonds. The maximum atomic E-state index is 9.74. The number of hydrogen-bond acceptors (Lipinski definition) is 4. The van der Waals surface area contributed by atoms with Crippen molar-refractivity contribution in [2.45, 2.75) is 26.5 Å². The van der Waals surface area contributed by atoms with Crippen LogP contribution in [0.25, 0.3) is 0 Å². The molecule has 1 rings (SSSR count).